The Morgan fingerprint density at radius 1 is 1.24 bits per heavy atom. The number of nitrogens with one attached hydrogen (secondary N) is 2. The molecule has 0 radical (unpaired) electrons. The molecule has 1 aromatic heterocycles. The number of benzene rings is 1. The molecule has 0 spiro atoms. The summed E-state index contributed by atoms with van der Waals surface area (Å²) in [7, 11) is 0. The molecule has 0 atom stereocenters. The second kappa shape index (κ2) is 7.29. The van der Waals surface area contributed by atoms with Gasteiger partial charge in [-0.3, -0.25) is 4.79 Å². The Hall–Kier alpha value is -1.78. The number of rotatable bonds is 5. The van der Waals surface area contributed by atoms with Crippen LogP contribution in [0.2, 0.25) is 10.0 Å². The third-order valence-corrected chi connectivity index (χ3v) is 3.35. The summed E-state index contributed by atoms with van der Waals surface area (Å²) in [4.78, 5) is 16.2. The first-order valence-corrected chi connectivity index (χ1v) is 7.27. The highest BCUT2D eigenvalue weighted by Gasteiger charge is 2.09. The molecule has 4 nitrogen and oxygen atoms in total. The Bertz CT molecular complexity index is 629. The van der Waals surface area contributed by atoms with Gasteiger partial charge in [0.1, 0.15) is 5.82 Å². The van der Waals surface area contributed by atoms with Crippen molar-refractivity contribution in [1.29, 1.82) is 0 Å². The first-order chi connectivity index (χ1) is 10.1. The van der Waals surface area contributed by atoms with E-state index in [4.69, 9.17) is 23.2 Å². The number of halogens is 2. The van der Waals surface area contributed by atoms with E-state index in [-0.39, 0.29) is 5.91 Å². The van der Waals surface area contributed by atoms with Crippen molar-refractivity contribution in [2.24, 2.45) is 0 Å². The van der Waals surface area contributed by atoms with Crippen LogP contribution in [-0.2, 0) is 6.54 Å². The van der Waals surface area contributed by atoms with Gasteiger partial charge in [0.25, 0.3) is 5.91 Å². The van der Waals surface area contributed by atoms with E-state index in [0.717, 1.165) is 12.1 Å². The van der Waals surface area contributed by atoms with Gasteiger partial charge in [-0.1, -0.05) is 35.3 Å². The summed E-state index contributed by atoms with van der Waals surface area (Å²) in [5, 5.41) is 6.92. The number of anilines is 1. The van der Waals surface area contributed by atoms with Crippen LogP contribution in [0.15, 0.2) is 36.5 Å². The summed E-state index contributed by atoms with van der Waals surface area (Å²) in [6.45, 7) is 3.09. The average molecular weight is 324 g/mol. The van der Waals surface area contributed by atoms with Gasteiger partial charge in [-0.15, -0.1) is 0 Å². The van der Waals surface area contributed by atoms with Gasteiger partial charge in [0.15, 0.2) is 0 Å². The molecule has 2 N–H and O–H groups in total. The first-order valence-electron chi connectivity index (χ1n) is 6.52. The number of aromatic nitrogens is 1. The molecule has 0 aliphatic carbocycles. The van der Waals surface area contributed by atoms with Crippen LogP contribution >= 0.6 is 23.2 Å². The highest BCUT2D eigenvalue weighted by atomic mass is 35.5. The zero-order chi connectivity index (χ0) is 15.2. The van der Waals surface area contributed by atoms with Crippen LogP contribution < -0.4 is 10.6 Å². The zero-order valence-electron chi connectivity index (χ0n) is 11.5. The lowest BCUT2D eigenvalue weighted by Gasteiger charge is -2.08. The Kier molecular flexibility index (Phi) is 5.42. The SMILES string of the molecule is CCNc1ncc(C(=O)NCc2ccc(Cl)cc2)cc1Cl. The molecule has 0 unspecified atom stereocenters. The molecule has 2 rings (SSSR count). The van der Waals surface area contributed by atoms with Crippen molar-refractivity contribution < 1.29 is 4.79 Å². The Morgan fingerprint density at radius 3 is 2.57 bits per heavy atom. The maximum absolute atomic E-state index is 12.1. The summed E-state index contributed by atoms with van der Waals surface area (Å²) in [5.41, 5.74) is 1.40. The van der Waals surface area contributed by atoms with Crippen LogP contribution in [0.5, 0.6) is 0 Å². The topological polar surface area (TPSA) is 54.0 Å². The van der Waals surface area contributed by atoms with Gasteiger partial charge in [-0.2, -0.15) is 0 Å². The first kappa shape index (κ1) is 15.6. The van der Waals surface area contributed by atoms with E-state index < -0.39 is 0 Å². The predicted molar refractivity (Wildman–Crippen MR) is 86.0 cm³/mol. The monoisotopic (exact) mass is 323 g/mol. The van der Waals surface area contributed by atoms with Crippen LogP contribution in [0.1, 0.15) is 22.8 Å². The highest BCUT2D eigenvalue weighted by molar-refractivity contribution is 6.33. The second-order valence-corrected chi connectivity index (χ2v) is 5.24. The van der Waals surface area contributed by atoms with Crippen molar-refractivity contribution in [3.8, 4) is 0 Å². The van der Waals surface area contributed by atoms with Gasteiger partial charge in [-0.25, -0.2) is 4.98 Å². The van der Waals surface area contributed by atoms with Gasteiger partial charge in [0.05, 0.1) is 10.6 Å². The van der Waals surface area contributed by atoms with E-state index in [1.807, 2.05) is 19.1 Å². The lowest BCUT2D eigenvalue weighted by Crippen LogP contribution is -2.23. The maximum Gasteiger partial charge on any atom is 0.253 e. The molecule has 0 bridgehead atoms. The van der Waals surface area contributed by atoms with Crippen molar-refractivity contribution in [3.05, 3.63) is 57.7 Å². The molecule has 6 heteroatoms. The molecule has 0 saturated heterocycles. The standard InChI is InChI=1S/C15H15Cl2N3O/c1-2-18-14-13(17)7-11(9-19-14)15(21)20-8-10-3-5-12(16)6-4-10/h3-7,9H,2,8H2,1H3,(H,18,19)(H,20,21). The third kappa shape index (κ3) is 4.34. The van der Waals surface area contributed by atoms with Gasteiger partial charge >= 0.3 is 0 Å². The van der Waals surface area contributed by atoms with Gasteiger partial charge < -0.3 is 10.6 Å². The minimum atomic E-state index is -0.220. The predicted octanol–water partition coefficient (Wildman–Crippen LogP) is 3.75. The van der Waals surface area contributed by atoms with E-state index in [1.165, 1.54) is 6.20 Å². The van der Waals surface area contributed by atoms with Crippen molar-refractivity contribution in [3.63, 3.8) is 0 Å². The van der Waals surface area contributed by atoms with E-state index in [0.29, 0.717) is 28.0 Å². The fourth-order valence-electron chi connectivity index (χ4n) is 1.75. The summed E-state index contributed by atoms with van der Waals surface area (Å²) in [6.07, 6.45) is 1.50. The lowest BCUT2D eigenvalue weighted by atomic mass is 10.2. The van der Waals surface area contributed by atoms with E-state index in [2.05, 4.69) is 15.6 Å². The Morgan fingerprint density at radius 2 is 1.95 bits per heavy atom. The summed E-state index contributed by atoms with van der Waals surface area (Å²) in [5.74, 6) is 0.357. The molecule has 0 fully saturated rings. The van der Waals surface area contributed by atoms with E-state index >= 15 is 0 Å². The Balaban J connectivity index is 2.00. The highest BCUT2D eigenvalue weighted by Crippen LogP contribution is 2.19. The lowest BCUT2D eigenvalue weighted by molar-refractivity contribution is 0.0950. The van der Waals surface area contributed by atoms with E-state index in [1.54, 1.807) is 18.2 Å². The molecule has 21 heavy (non-hydrogen) atoms. The van der Waals surface area contributed by atoms with Crippen molar-refractivity contribution in [2.45, 2.75) is 13.5 Å². The molecule has 110 valence electrons. The van der Waals surface area contributed by atoms with Gasteiger partial charge in [-0.05, 0) is 30.7 Å². The number of amides is 1. The molecule has 0 aliphatic rings. The minimum Gasteiger partial charge on any atom is -0.369 e. The normalized spacial score (nSPS) is 10.2. The number of hydrogen-bond acceptors (Lipinski definition) is 3. The fourth-order valence-corrected chi connectivity index (χ4v) is 2.11. The summed E-state index contributed by atoms with van der Waals surface area (Å²) in [6, 6.07) is 8.90. The molecule has 2 aromatic rings. The maximum atomic E-state index is 12.1. The number of carbonyl (C=O) groups excluding carboxylic acids is 1. The summed E-state index contributed by atoms with van der Waals surface area (Å²) < 4.78 is 0. The molecule has 0 aliphatic heterocycles. The van der Waals surface area contributed by atoms with Crippen LogP contribution in [0.25, 0.3) is 0 Å². The van der Waals surface area contributed by atoms with Crippen molar-refractivity contribution in [1.82, 2.24) is 10.3 Å². The average Bonchev–Trinajstić information content (AvgIpc) is 2.48. The molecular weight excluding hydrogens is 309 g/mol. The number of carbonyl (C=O) groups is 1. The van der Waals surface area contributed by atoms with Crippen LogP contribution in [-0.4, -0.2) is 17.4 Å². The number of hydrogen-bond donors (Lipinski definition) is 2. The molecule has 1 amide bonds. The molecule has 0 saturated carbocycles. The van der Waals surface area contributed by atoms with Gasteiger partial charge in [0.2, 0.25) is 0 Å². The largest absolute Gasteiger partial charge is 0.369 e. The second-order valence-electron chi connectivity index (χ2n) is 4.39. The number of nitrogens with zero attached hydrogens (tertiary/aromatic N) is 1. The number of pyridine rings is 1. The zero-order valence-corrected chi connectivity index (χ0v) is 13.0. The smallest absolute Gasteiger partial charge is 0.253 e. The van der Waals surface area contributed by atoms with Crippen LogP contribution in [0.4, 0.5) is 5.82 Å². The van der Waals surface area contributed by atoms with Crippen molar-refractivity contribution >= 4 is 34.9 Å². The quantitative estimate of drug-likeness (QED) is 0.881. The Labute approximate surface area is 133 Å². The molecular formula is C15H15Cl2N3O. The minimum absolute atomic E-state index is 0.220. The fraction of sp³-hybridized carbons (Fsp3) is 0.200. The van der Waals surface area contributed by atoms with Crippen LogP contribution in [0.3, 0.4) is 0 Å². The van der Waals surface area contributed by atoms with Crippen LogP contribution in [0, 0.1) is 0 Å². The van der Waals surface area contributed by atoms with Gasteiger partial charge in [0, 0.05) is 24.3 Å². The van der Waals surface area contributed by atoms with Crippen molar-refractivity contribution in [2.75, 3.05) is 11.9 Å². The van der Waals surface area contributed by atoms with E-state index in [9.17, 15) is 4.79 Å². The molecule has 1 heterocycles. The molecule has 1 aromatic carbocycles. The summed E-state index contributed by atoms with van der Waals surface area (Å²) >= 11 is 11.9. The third-order valence-electron chi connectivity index (χ3n) is 2.81.